The molecule has 1 aromatic rings. The van der Waals surface area contributed by atoms with Gasteiger partial charge in [0.2, 0.25) is 5.91 Å². The van der Waals surface area contributed by atoms with Gasteiger partial charge >= 0.3 is 0 Å². The Labute approximate surface area is 100 Å². The number of aromatic nitrogens is 1. The number of piperazine rings is 1. The van der Waals surface area contributed by atoms with Gasteiger partial charge in [0.25, 0.3) is 0 Å². The second-order valence-corrected chi connectivity index (χ2v) is 3.92. The van der Waals surface area contributed by atoms with Gasteiger partial charge in [-0.1, -0.05) is 0 Å². The summed E-state index contributed by atoms with van der Waals surface area (Å²) in [7, 11) is 0. The van der Waals surface area contributed by atoms with Crippen molar-refractivity contribution in [1.82, 2.24) is 15.2 Å². The number of nitrogens with one attached hydrogen (secondary N) is 1. The zero-order valence-electron chi connectivity index (χ0n) is 9.52. The lowest BCUT2D eigenvalue weighted by molar-refractivity contribution is -0.131. The second-order valence-electron chi connectivity index (χ2n) is 3.92. The van der Waals surface area contributed by atoms with Crippen LogP contribution in [0.25, 0.3) is 0 Å². The van der Waals surface area contributed by atoms with Crippen LogP contribution >= 0.6 is 0 Å². The van der Waals surface area contributed by atoms with Crippen molar-refractivity contribution in [1.29, 1.82) is 5.26 Å². The van der Waals surface area contributed by atoms with E-state index in [4.69, 9.17) is 5.26 Å². The summed E-state index contributed by atoms with van der Waals surface area (Å²) >= 11 is 0. The molecule has 5 heteroatoms. The molecule has 5 nitrogen and oxygen atoms in total. The fraction of sp³-hybridized carbons (Fsp3) is 0.417. The highest BCUT2D eigenvalue weighted by molar-refractivity contribution is 5.78. The summed E-state index contributed by atoms with van der Waals surface area (Å²) in [4.78, 5) is 17.5. The molecular formula is C12H14N4O. The number of pyridine rings is 1. The standard InChI is InChI=1S/C12H14N4O/c13-8-10-2-1-4-15-11(10)3-6-16-7-5-14-9-12(16)17/h1-2,4,14H,3,5-7,9H2. The molecule has 0 bridgehead atoms. The number of carbonyl (C=O) groups excluding carboxylic acids is 1. The number of amides is 1. The molecule has 1 saturated heterocycles. The number of nitriles is 1. The fourth-order valence-electron chi connectivity index (χ4n) is 1.86. The van der Waals surface area contributed by atoms with Crippen molar-refractivity contribution >= 4 is 5.91 Å². The maximum Gasteiger partial charge on any atom is 0.236 e. The smallest absolute Gasteiger partial charge is 0.236 e. The molecule has 1 aliphatic heterocycles. The topological polar surface area (TPSA) is 69.0 Å². The van der Waals surface area contributed by atoms with Gasteiger partial charge in [-0.2, -0.15) is 5.26 Å². The van der Waals surface area contributed by atoms with Crippen molar-refractivity contribution < 1.29 is 4.79 Å². The van der Waals surface area contributed by atoms with Crippen molar-refractivity contribution in [3.8, 4) is 6.07 Å². The Morgan fingerprint density at radius 1 is 1.59 bits per heavy atom. The molecule has 1 aromatic heterocycles. The molecule has 1 fully saturated rings. The zero-order chi connectivity index (χ0) is 12.1. The molecular weight excluding hydrogens is 216 g/mol. The van der Waals surface area contributed by atoms with E-state index in [0.717, 1.165) is 18.8 Å². The normalized spacial score (nSPS) is 15.7. The van der Waals surface area contributed by atoms with E-state index in [1.807, 2.05) is 4.90 Å². The van der Waals surface area contributed by atoms with Crippen LogP contribution in [0.3, 0.4) is 0 Å². The third-order valence-corrected chi connectivity index (χ3v) is 2.82. The fourth-order valence-corrected chi connectivity index (χ4v) is 1.86. The molecule has 1 amide bonds. The Kier molecular flexibility index (Phi) is 3.68. The molecule has 88 valence electrons. The predicted molar refractivity (Wildman–Crippen MR) is 62.1 cm³/mol. The average molecular weight is 230 g/mol. The quantitative estimate of drug-likeness (QED) is 0.789. The first kappa shape index (κ1) is 11.6. The Morgan fingerprint density at radius 3 is 3.24 bits per heavy atom. The Morgan fingerprint density at radius 2 is 2.47 bits per heavy atom. The summed E-state index contributed by atoms with van der Waals surface area (Å²) in [6.45, 7) is 2.60. The van der Waals surface area contributed by atoms with Crippen LogP contribution in [0.5, 0.6) is 0 Å². The van der Waals surface area contributed by atoms with Gasteiger partial charge in [-0.25, -0.2) is 0 Å². The van der Waals surface area contributed by atoms with Crippen LogP contribution in [0.2, 0.25) is 0 Å². The summed E-state index contributed by atoms with van der Waals surface area (Å²) < 4.78 is 0. The molecule has 0 radical (unpaired) electrons. The highest BCUT2D eigenvalue weighted by Gasteiger charge is 2.17. The first-order chi connectivity index (χ1) is 8.31. The van der Waals surface area contributed by atoms with Crippen molar-refractivity contribution in [2.75, 3.05) is 26.2 Å². The van der Waals surface area contributed by atoms with Gasteiger partial charge in [-0.15, -0.1) is 0 Å². The first-order valence-corrected chi connectivity index (χ1v) is 5.64. The van der Waals surface area contributed by atoms with Gasteiger partial charge in [0.1, 0.15) is 6.07 Å². The van der Waals surface area contributed by atoms with Crippen LogP contribution in [-0.4, -0.2) is 42.0 Å². The van der Waals surface area contributed by atoms with E-state index >= 15 is 0 Å². The lowest BCUT2D eigenvalue weighted by Gasteiger charge is -2.27. The molecule has 1 N–H and O–H groups in total. The highest BCUT2D eigenvalue weighted by atomic mass is 16.2. The van der Waals surface area contributed by atoms with E-state index in [-0.39, 0.29) is 5.91 Å². The molecule has 0 aliphatic carbocycles. The molecule has 0 saturated carbocycles. The Hall–Kier alpha value is -1.93. The van der Waals surface area contributed by atoms with Crippen LogP contribution in [0, 0.1) is 11.3 Å². The van der Waals surface area contributed by atoms with Crippen LogP contribution in [0.4, 0.5) is 0 Å². The minimum Gasteiger partial charge on any atom is -0.340 e. The molecule has 2 rings (SSSR count). The third-order valence-electron chi connectivity index (χ3n) is 2.82. The maximum absolute atomic E-state index is 11.5. The molecule has 17 heavy (non-hydrogen) atoms. The minimum atomic E-state index is 0.116. The minimum absolute atomic E-state index is 0.116. The third kappa shape index (κ3) is 2.80. The molecule has 2 heterocycles. The lowest BCUT2D eigenvalue weighted by atomic mass is 10.1. The molecule has 0 aromatic carbocycles. The highest BCUT2D eigenvalue weighted by Crippen LogP contribution is 2.06. The Bertz CT molecular complexity index is 452. The van der Waals surface area contributed by atoms with Crippen LogP contribution in [0.15, 0.2) is 18.3 Å². The SMILES string of the molecule is N#Cc1cccnc1CCN1CCNCC1=O. The summed E-state index contributed by atoms with van der Waals surface area (Å²) in [5, 5.41) is 12.0. The van der Waals surface area contributed by atoms with E-state index in [1.165, 1.54) is 0 Å². The van der Waals surface area contributed by atoms with Gasteiger partial charge < -0.3 is 10.2 Å². The number of hydrogen-bond donors (Lipinski definition) is 1. The van der Waals surface area contributed by atoms with Gasteiger partial charge in [0.05, 0.1) is 17.8 Å². The van der Waals surface area contributed by atoms with E-state index in [0.29, 0.717) is 25.1 Å². The van der Waals surface area contributed by atoms with E-state index < -0.39 is 0 Å². The van der Waals surface area contributed by atoms with Gasteiger partial charge in [0.15, 0.2) is 0 Å². The summed E-state index contributed by atoms with van der Waals surface area (Å²) in [5.74, 6) is 0.116. The maximum atomic E-state index is 11.5. The van der Waals surface area contributed by atoms with Crippen molar-refractivity contribution in [3.05, 3.63) is 29.6 Å². The van der Waals surface area contributed by atoms with Crippen molar-refractivity contribution in [2.45, 2.75) is 6.42 Å². The first-order valence-electron chi connectivity index (χ1n) is 5.64. The summed E-state index contributed by atoms with van der Waals surface area (Å²) in [6, 6.07) is 5.62. The number of carbonyl (C=O) groups is 1. The molecule has 0 spiro atoms. The van der Waals surface area contributed by atoms with E-state index in [2.05, 4.69) is 16.4 Å². The zero-order valence-corrected chi connectivity index (χ0v) is 9.52. The van der Waals surface area contributed by atoms with Gasteiger partial charge in [0, 0.05) is 32.3 Å². The molecule has 0 unspecified atom stereocenters. The largest absolute Gasteiger partial charge is 0.340 e. The summed E-state index contributed by atoms with van der Waals surface area (Å²) in [5.41, 5.74) is 1.36. The van der Waals surface area contributed by atoms with E-state index in [1.54, 1.807) is 18.3 Å². The van der Waals surface area contributed by atoms with Crippen molar-refractivity contribution in [3.63, 3.8) is 0 Å². The number of rotatable bonds is 3. The molecule has 0 atom stereocenters. The monoisotopic (exact) mass is 230 g/mol. The van der Waals surface area contributed by atoms with Crippen molar-refractivity contribution in [2.24, 2.45) is 0 Å². The van der Waals surface area contributed by atoms with Crippen LogP contribution < -0.4 is 5.32 Å². The molecule has 1 aliphatic rings. The number of hydrogen-bond acceptors (Lipinski definition) is 4. The van der Waals surface area contributed by atoms with Gasteiger partial charge in [-0.3, -0.25) is 9.78 Å². The lowest BCUT2D eigenvalue weighted by Crippen LogP contribution is -2.48. The average Bonchev–Trinajstić information content (AvgIpc) is 2.38. The predicted octanol–water partition coefficient (Wildman–Crippen LogP) is -0.0724. The number of nitrogens with zero attached hydrogens (tertiary/aromatic N) is 3. The van der Waals surface area contributed by atoms with Crippen LogP contribution in [0.1, 0.15) is 11.3 Å². The van der Waals surface area contributed by atoms with Crippen LogP contribution in [-0.2, 0) is 11.2 Å². The Balaban J connectivity index is 1.97. The second kappa shape index (κ2) is 5.41. The summed E-state index contributed by atoms with van der Waals surface area (Å²) in [6.07, 6.45) is 2.31. The van der Waals surface area contributed by atoms with Gasteiger partial charge in [-0.05, 0) is 12.1 Å². The van der Waals surface area contributed by atoms with E-state index in [9.17, 15) is 4.79 Å².